The van der Waals surface area contributed by atoms with Crippen LogP contribution in [0.1, 0.15) is 25.2 Å². The first kappa shape index (κ1) is 12.1. The molecule has 17 heavy (non-hydrogen) atoms. The lowest BCUT2D eigenvalue weighted by molar-refractivity contribution is 0.474. The third-order valence-electron chi connectivity index (χ3n) is 2.72. The van der Waals surface area contributed by atoms with Gasteiger partial charge in [0.05, 0.1) is 6.54 Å². The highest BCUT2D eigenvalue weighted by Crippen LogP contribution is 2.24. The Morgan fingerprint density at radius 3 is 2.82 bits per heavy atom. The summed E-state index contributed by atoms with van der Waals surface area (Å²) in [5.41, 5.74) is 0.986. The van der Waals surface area contributed by atoms with Gasteiger partial charge < -0.3 is 9.73 Å². The molecule has 0 aliphatic heterocycles. The quantitative estimate of drug-likeness (QED) is 0.875. The largest absolute Gasteiger partial charge is 0.457 e. The summed E-state index contributed by atoms with van der Waals surface area (Å²) in [6, 6.07) is 5.56. The van der Waals surface area contributed by atoms with Crippen LogP contribution in [0.5, 0.6) is 0 Å². The Bertz CT molecular complexity index is 516. The Morgan fingerprint density at radius 1 is 1.35 bits per heavy atom. The summed E-state index contributed by atoms with van der Waals surface area (Å²) < 4.78 is 19.3. The van der Waals surface area contributed by atoms with Gasteiger partial charge in [-0.05, 0) is 31.0 Å². The molecular formula is C14H18FNO. The number of hydrogen-bond donors (Lipinski definition) is 1. The van der Waals surface area contributed by atoms with Gasteiger partial charge in [0.2, 0.25) is 0 Å². The Kier molecular flexibility index (Phi) is 3.48. The zero-order chi connectivity index (χ0) is 12.4. The number of rotatable bonds is 4. The molecule has 92 valence electrons. The second-order valence-corrected chi connectivity index (χ2v) is 4.85. The van der Waals surface area contributed by atoms with Gasteiger partial charge in [-0.2, -0.15) is 0 Å². The van der Waals surface area contributed by atoms with Crippen LogP contribution in [0, 0.1) is 18.7 Å². The molecule has 2 aromatic rings. The standard InChI is InChI=1S/C14H18FNO/c1-9(2)7-16-8-12-6-11-5-4-10(3)13(15)14(11)17-12/h4-6,9,16H,7-8H2,1-3H3. The monoisotopic (exact) mass is 235 g/mol. The van der Waals surface area contributed by atoms with Crippen LogP contribution in [0.15, 0.2) is 22.6 Å². The van der Waals surface area contributed by atoms with Gasteiger partial charge >= 0.3 is 0 Å². The van der Waals surface area contributed by atoms with Crippen molar-refractivity contribution in [1.82, 2.24) is 5.32 Å². The summed E-state index contributed by atoms with van der Waals surface area (Å²) >= 11 is 0. The van der Waals surface area contributed by atoms with Crippen molar-refractivity contribution < 1.29 is 8.81 Å². The first-order chi connectivity index (χ1) is 8.08. The Morgan fingerprint density at radius 2 is 2.12 bits per heavy atom. The molecule has 0 fully saturated rings. The van der Waals surface area contributed by atoms with E-state index in [0.29, 0.717) is 23.6 Å². The molecule has 0 radical (unpaired) electrons. The molecule has 0 unspecified atom stereocenters. The van der Waals surface area contributed by atoms with E-state index in [1.807, 2.05) is 12.1 Å². The molecular weight excluding hydrogens is 217 g/mol. The van der Waals surface area contributed by atoms with E-state index in [4.69, 9.17) is 4.42 Å². The second kappa shape index (κ2) is 4.88. The fourth-order valence-electron chi connectivity index (χ4n) is 1.79. The molecule has 1 aromatic heterocycles. The van der Waals surface area contributed by atoms with Gasteiger partial charge in [0.25, 0.3) is 0 Å². The minimum atomic E-state index is -0.252. The highest BCUT2D eigenvalue weighted by atomic mass is 19.1. The van der Waals surface area contributed by atoms with E-state index in [-0.39, 0.29) is 5.82 Å². The van der Waals surface area contributed by atoms with E-state index in [1.165, 1.54) is 0 Å². The highest BCUT2D eigenvalue weighted by molar-refractivity contribution is 5.79. The molecule has 2 nitrogen and oxygen atoms in total. The minimum absolute atomic E-state index is 0.252. The van der Waals surface area contributed by atoms with E-state index >= 15 is 0 Å². The van der Waals surface area contributed by atoms with E-state index < -0.39 is 0 Å². The van der Waals surface area contributed by atoms with Crippen LogP contribution in [-0.4, -0.2) is 6.54 Å². The predicted molar refractivity (Wildman–Crippen MR) is 67.5 cm³/mol. The summed E-state index contributed by atoms with van der Waals surface area (Å²) in [5, 5.41) is 4.11. The van der Waals surface area contributed by atoms with Gasteiger partial charge in [-0.15, -0.1) is 0 Å². The van der Waals surface area contributed by atoms with E-state index in [9.17, 15) is 4.39 Å². The molecule has 0 bridgehead atoms. The molecule has 1 aromatic carbocycles. The molecule has 0 aliphatic rings. The average molecular weight is 235 g/mol. The summed E-state index contributed by atoms with van der Waals surface area (Å²) in [7, 11) is 0. The zero-order valence-corrected chi connectivity index (χ0v) is 10.5. The minimum Gasteiger partial charge on any atom is -0.457 e. The van der Waals surface area contributed by atoms with Gasteiger partial charge in [-0.1, -0.05) is 26.0 Å². The predicted octanol–water partition coefficient (Wildman–Crippen LogP) is 3.63. The van der Waals surface area contributed by atoms with Crippen molar-refractivity contribution >= 4 is 11.0 Å². The number of furan rings is 1. The fraction of sp³-hybridized carbons (Fsp3) is 0.429. The lowest BCUT2D eigenvalue weighted by Crippen LogP contribution is -2.18. The Labute approximate surface area is 101 Å². The van der Waals surface area contributed by atoms with Crippen molar-refractivity contribution in [1.29, 1.82) is 0 Å². The van der Waals surface area contributed by atoms with Crippen LogP contribution in [0.25, 0.3) is 11.0 Å². The van der Waals surface area contributed by atoms with Gasteiger partial charge in [-0.3, -0.25) is 0 Å². The Balaban J connectivity index is 2.17. The van der Waals surface area contributed by atoms with Crippen molar-refractivity contribution in [3.8, 4) is 0 Å². The van der Waals surface area contributed by atoms with Crippen molar-refractivity contribution in [3.05, 3.63) is 35.3 Å². The number of benzene rings is 1. The van der Waals surface area contributed by atoms with Gasteiger partial charge in [0, 0.05) is 5.39 Å². The van der Waals surface area contributed by atoms with Gasteiger partial charge in [0.15, 0.2) is 11.4 Å². The van der Waals surface area contributed by atoms with Gasteiger partial charge in [0.1, 0.15) is 5.76 Å². The maximum Gasteiger partial charge on any atom is 0.170 e. The van der Waals surface area contributed by atoms with Crippen molar-refractivity contribution in [3.63, 3.8) is 0 Å². The second-order valence-electron chi connectivity index (χ2n) is 4.85. The molecule has 3 heteroatoms. The lowest BCUT2D eigenvalue weighted by Gasteiger charge is -2.04. The molecule has 1 heterocycles. The van der Waals surface area contributed by atoms with Crippen LogP contribution in [-0.2, 0) is 6.54 Å². The zero-order valence-electron chi connectivity index (χ0n) is 10.5. The Hall–Kier alpha value is -1.35. The number of aryl methyl sites for hydroxylation is 1. The SMILES string of the molecule is Cc1ccc2cc(CNCC(C)C)oc2c1F. The van der Waals surface area contributed by atoms with Crippen LogP contribution in [0.4, 0.5) is 4.39 Å². The molecule has 1 N–H and O–H groups in total. The lowest BCUT2D eigenvalue weighted by atomic mass is 10.2. The van der Waals surface area contributed by atoms with Crippen LogP contribution >= 0.6 is 0 Å². The third-order valence-corrected chi connectivity index (χ3v) is 2.72. The molecule has 0 spiro atoms. The van der Waals surface area contributed by atoms with Crippen LogP contribution in [0.2, 0.25) is 0 Å². The van der Waals surface area contributed by atoms with E-state index in [2.05, 4.69) is 19.2 Å². The normalized spacial score (nSPS) is 11.6. The van der Waals surface area contributed by atoms with E-state index in [1.54, 1.807) is 13.0 Å². The van der Waals surface area contributed by atoms with Crippen LogP contribution in [0.3, 0.4) is 0 Å². The van der Waals surface area contributed by atoms with E-state index in [0.717, 1.165) is 17.7 Å². The van der Waals surface area contributed by atoms with Crippen LogP contribution < -0.4 is 5.32 Å². The summed E-state index contributed by atoms with van der Waals surface area (Å²) in [6.07, 6.45) is 0. The number of halogens is 1. The van der Waals surface area contributed by atoms with Crippen molar-refractivity contribution in [2.75, 3.05) is 6.54 Å². The topological polar surface area (TPSA) is 25.2 Å². The highest BCUT2D eigenvalue weighted by Gasteiger charge is 2.10. The third kappa shape index (κ3) is 2.67. The number of fused-ring (bicyclic) bond motifs is 1. The van der Waals surface area contributed by atoms with Crippen molar-refractivity contribution in [2.45, 2.75) is 27.3 Å². The summed E-state index contributed by atoms with van der Waals surface area (Å²) in [6.45, 7) is 7.61. The first-order valence-electron chi connectivity index (χ1n) is 5.96. The van der Waals surface area contributed by atoms with Gasteiger partial charge in [-0.25, -0.2) is 4.39 Å². The molecule has 0 saturated carbocycles. The number of hydrogen-bond acceptors (Lipinski definition) is 2. The summed E-state index contributed by atoms with van der Waals surface area (Å²) in [5.74, 6) is 1.13. The summed E-state index contributed by atoms with van der Waals surface area (Å²) in [4.78, 5) is 0. The number of nitrogens with one attached hydrogen (secondary N) is 1. The first-order valence-corrected chi connectivity index (χ1v) is 5.96. The maximum absolute atomic E-state index is 13.7. The molecule has 0 amide bonds. The molecule has 0 aliphatic carbocycles. The smallest absolute Gasteiger partial charge is 0.170 e. The fourth-order valence-corrected chi connectivity index (χ4v) is 1.79. The van der Waals surface area contributed by atoms with Crippen molar-refractivity contribution in [2.24, 2.45) is 5.92 Å². The average Bonchev–Trinajstić information content (AvgIpc) is 2.67. The molecule has 0 saturated heterocycles. The molecule has 2 rings (SSSR count). The molecule has 0 atom stereocenters. The maximum atomic E-state index is 13.7.